The van der Waals surface area contributed by atoms with Gasteiger partial charge in [0.1, 0.15) is 0 Å². The van der Waals surface area contributed by atoms with E-state index in [4.69, 9.17) is 0 Å². The van der Waals surface area contributed by atoms with Crippen LogP contribution in [0.4, 0.5) is 5.69 Å². The average molecular weight is 512 g/mol. The molecule has 1 unspecified atom stereocenters. The number of sulfonamides is 1. The van der Waals surface area contributed by atoms with Crippen molar-refractivity contribution in [1.29, 1.82) is 0 Å². The molecule has 1 atom stereocenters. The fraction of sp³-hybridized carbons (Fsp3) is 0.296. The molecule has 2 bridgehead atoms. The highest BCUT2D eigenvalue weighted by Gasteiger charge is 2.38. The number of nitrogens with one attached hydrogen (secondary N) is 2. The normalized spacial score (nSPS) is 21.2. The van der Waals surface area contributed by atoms with Gasteiger partial charge in [-0.3, -0.25) is 4.79 Å². The van der Waals surface area contributed by atoms with E-state index in [2.05, 4.69) is 14.9 Å². The highest BCUT2D eigenvalue weighted by atomic mass is 35.5. The number of piperidine rings is 3. The van der Waals surface area contributed by atoms with E-state index in [1.165, 1.54) is 0 Å². The third-order valence-electron chi connectivity index (χ3n) is 6.95. The Bertz CT molecular complexity index is 1240. The second-order valence-corrected chi connectivity index (χ2v) is 10.9. The quantitative estimate of drug-likeness (QED) is 0.488. The fourth-order valence-electron chi connectivity index (χ4n) is 4.93. The predicted molar refractivity (Wildman–Crippen MR) is 141 cm³/mol. The molecule has 184 valence electrons. The summed E-state index contributed by atoms with van der Waals surface area (Å²) in [6, 6.07) is 24.0. The van der Waals surface area contributed by atoms with Crippen molar-refractivity contribution in [2.24, 2.45) is 11.8 Å². The monoisotopic (exact) mass is 511 g/mol. The summed E-state index contributed by atoms with van der Waals surface area (Å²) in [6.45, 7) is 3.35. The lowest BCUT2D eigenvalue weighted by Crippen LogP contribution is -2.51. The van der Waals surface area contributed by atoms with Crippen LogP contribution < -0.4 is 10.0 Å². The van der Waals surface area contributed by atoms with Crippen molar-refractivity contribution >= 4 is 34.0 Å². The molecular formula is C27H30ClN3O3S. The highest BCUT2D eigenvalue weighted by Crippen LogP contribution is 2.33. The van der Waals surface area contributed by atoms with Gasteiger partial charge in [0, 0.05) is 18.8 Å². The molecule has 35 heavy (non-hydrogen) atoms. The number of nitrogens with zero attached hydrogens (tertiary/aromatic N) is 1. The summed E-state index contributed by atoms with van der Waals surface area (Å²) in [4.78, 5) is 15.4. The predicted octanol–water partition coefficient (Wildman–Crippen LogP) is 4.53. The minimum absolute atomic E-state index is 0. The molecule has 6 nitrogen and oxygen atoms in total. The van der Waals surface area contributed by atoms with Crippen LogP contribution >= 0.6 is 12.4 Å². The average Bonchev–Trinajstić information content (AvgIpc) is 2.89. The molecule has 3 aromatic rings. The standard InChI is InChI=1S/C27H29N3O3S.ClH/c31-27(26-19-30-16-14-23(26)15-17-30)29-24-10-6-21(7-11-24)22-8-12-25(13-9-22)34(32,33)28-18-20-4-2-1-3-5-20;/h1-13,23,26,28H,14-19H2,(H,29,31);1H. The van der Waals surface area contributed by atoms with Crippen LogP contribution in [-0.2, 0) is 21.4 Å². The Hall–Kier alpha value is -2.71. The van der Waals surface area contributed by atoms with Crippen molar-refractivity contribution in [3.05, 3.63) is 84.4 Å². The Morgan fingerprint density at radius 1 is 0.857 bits per heavy atom. The maximum absolute atomic E-state index is 12.8. The number of anilines is 1. The van der Waals surface area contributed by atoms with Gasteiger partial charge in [0.2, 0.25) is 15.9 Å². The molecule has 3 aliphatic rings. The Morgan fingerprint density at radius 3 is 2.03 bits per heavy atom. The zero-order valence-electron chi connectivity index (χ0n) is 19.4. The summed E-state index contributed by atoms with van der Waals surface area (Å²) in [6.07, 6.45) is 2.23. The van der Waals surface area contributed by atoms with Gasteiger partial charge in [-0.25, -0.2) is 13.1 Å². The molecular weight excluding hydrogens is 482 g/mol. The van der Waals surface area contributed by atoms with Gasteiger partial charge in [-0.2, -0.15) is 0 Å². The topological polar surface area (TPSA) is 78.5 Å². The Balaban J connectivity index is 0.00000289. The third-order valence-corrected chi connectivity index (χ3v) is 8.37. The largest absolute Gasteiger partial charge is 0.326 e. The molecule has 3 heterocycles. The van der Waals surface area contributed by atoms with Gasteiger partial charge in [-0.05, 0) is 72.8 Å². The van der Waals surface area contributed by atoms with Gasteiger partial charge < -0.3 is 10.2 Å². The summed E-state index contributed by atoms with van der Waals surface area (Å²) in [5, 5.41) is 3.08. The van der Waals surface area contributed by atoms with Crippen LogP contribution in [0.5, 0.6) is 0 Å². The molecule has 0 aromatic heterocycles. The first-order valence-corrected chi connectivity index (χ1v) is 13.2. The van der Waals surface area contributed by atoms with E-state index in [1.54, 1.807) is 24.3 Å². The zero-order chi connectivity index (χ0) is 23.5. The first-order valence-electron chi connectivity index (χ1n) is 11.8. The smallest absolute Gasteiger partial charge is 0.240 e. The number of halogens is 1. The Labute approximate surface area is 213 Å². The van der Waals surface area contributed by atoms with Crippen LogP contribution in [-0.4, -0.2) is 38.9 Å². The zero-order valence-corrected chi connectivity index (χ0v) is 21.0. The summed E-state index contributed by atoms with van der Waals surface area (Å²) < 4.78 is 27.9. The summed E-state index contributed by atoms with van der Waals surface area (Å²) >= 11 is 0. The molecule has 0 aliphatic carbocycles. The Morgan fingerprint density at radius 2 is 1.46 bits per heavy atom. The van der Waals surface area contributed by atoms with E-state index < -0.39 is 10.0 Å². The van der Waals surface area contributed by atoms with Crippen molar-refractivity contribution in [3.63, 3.8) is 0 Å². The number of rotatable bonds is 7. The van der Waals surface area contributed by atoms with Gasteiger partial charge >= 0.3 is 0 Å². The number of amides is 1. The van der Waals surface area contributed by atoms with Crippen molar-refractivity contribution in [2.45, 2.75) is 24.3 Å². The molecule has 1 amide bonds. The van der Waals surface area contributed by atoms with Gasteiger partial charge in [0.05, 0.1) is 10.8 Å². The van der Waals surface area contributed by atoms with Crippen molar-refractivity contribution < 1.29 is 13.2 Å². The number of carbonyl (C=O) groups is 1. The lowest BCUT2D eigenvalue weighted by molar-refractivity contribution is -0.125. The summed E-state index contributed by atoms with van der Waals surface area (Å²) in [5.74, 6) is 0.688. The molecule has 8 heteroatoms. The molecule has 2 N–H and O–H groups in total. The fourth-order valence-corrected chi connectivity index (χ4v) is 5.94. The SMILES string of the molecule is Cl.O=C(Nc1ccc(-c2ccc(S(=O)(=O)NCc3ccccc3)cc2)cc1)C1CN2CCC1CC2. The Kier molecular flexibility index (Phi) is 7.91. The van der Waals surface area contributed by atoms with Crippen LogP contribution in [0.15, 0.2) is 83.8 Å². The minimum atomic E-state index is -3.59. The molecule has 6 rings (SSSR count). The molecule has 0 radical (unpaired) electrons. The van der Waals surface area contributed by atoms with Crippen LogP contribution in [0.1, 0.15) is 18.4 Å². The molecule has 0 saturated carbocycles. The maximum Gasteiger partial charge on any atom is 0.240 e. The lowest BCUT2D eigenvalue weighted by Gasteiger charge is -2.43. The second kappa shape index (κ2) is 10.9. The van der Waals surface area contributed by atoms with Gasteiger partial charge in [-0.15, -0.1) is 12.4 Å². The van der Waals surface area contributed by atoms with E-state index in [1.807, 2.05) is 54.6 Å². The molecule has 3 saturated heterocycles. The van der Waals surface area contributed by atoms with Gasteiger partial charge in [0.15, 0.2) is 0 Å². The number of hydrogen-bond acceptors (Lipinski definition) is 4. The number of fused-ring (bicyclic) bond motifs is 3. The van der Waals surface area contributed by atoms with Crippen molar-refractivity contribution in [1.82, 2.24) is 9.62 Å². The first-order chi connectivity index (χ1) is 16.5. The maximum atomic E-state index is 12.8. The summed E-state index contributed by atoms with van der Waals surface area (Å²) in [5.41, 5.74) is 3.57. The highest BCUT2D eigenvalue weighted by molar-refractivity contribution is 7.89. The van der Waals surface area contributed by atoms with Gasteiger partial charge in [-0.1, -0.05) is 54.6 Å². The van der Waals surface area contributed by atoms with Crippen LogP contribution in [0.3, 0.4) is 0 Å². The third kappa shape index (κ3) is 5.93. The van der Waals surface area contributed by atoms with Crippen molar-refractivity contribution in [2.75, 3.05) is 25.0 Å². The molecule has 3 fully saturated rings. The number of carbonyl (C=O) groups excluding carboxylic acids is 1. The van der Waals surface area contributed by atoms with Crippen LogP contribution in [0.2, 0.25) is 0 Å². The molecule has 3 aromatic carbocycles. The molecule has 0 spiro atoms. The number of hydrogen-bond donors (Lipinski definition) is 2. The van der Waals surface area contributed by atoms with E-state index in [0.717, 1.165) is 54.9 Å². The van der Waals surface area contributed by atoms with E-state index in [9.17, 15) is 13.2 Å². The van der Waals surface area contributed by atoms with Crippen LogP contribution in [0.25, 0.3) is 11.1 Å². The first kappa shape index (κ1) is 25.4. The second-order valence-electron chi connectivity index (χ2n) is 9.15. The number of benzene rings is 3. The van der Waals surface area contributed by atoms with E-state index in [0.29, 0.717) is 5.92 Å². The van der Waals surface area contributed by atoms with E-state index in [-0.39, 0.29) is 35.7 Å². The van der Waals surface area contributed by atoms with Crippen LogP contribution in [0, 0.1) is 11.8 Å². The lowest BCUT2D eigenvalue weighted by atomic mass is 9.78. The molecule has 3 aliphatic heterocycles. The van der Waals surface area contributed by atoms with Crippen molar-refractivity contribution in [3.8, 4) is 11.1 Å². The van der Waals surface area contributed by atoms with E-state index >= 15 is 0 Å². The van der Waals surface area contributed by atoms with Gasteiger partial charge in [0.25, 0.3) is 0 Å². The minimum Gasteiger partial charge on any atom is -0.326 e. The summed E-state index contributed by atoms with van der Waals surface area (Å²) in [7, 11) is -3.59.